The van der Waals surface area contributed by atoms with Gasteiger partial charge in [-0.15, -0.1) is 0 Å². The van der Waals surface area contributed by atoms with Gasteiger partial charge in [0, 0.05) is 43.5 Å². The fourth-order valence-electron chi connectivity index (χ4n) is 4.37. The van der Waals surface area contributed by atoms with Crippen molar-refractivity contribution in [3.05, 3.63) is 59.2 Å². The van der Waals surface area contributed by atoms with Crippen LogP contribution >= 0.6 is 0 Å². The van der Waals surface area contributed by atoms with Crippen molar-refractivity contribution in [1.82, 2.24) is 19.8 Å². The summed E-state index contributed by atoms with van der Waals surface area (Å²) in [6.07, 6.45) is 6.88. The van der Waals surface area contributed by atoms with Crippen LogP contribution in [0.25, 0.3) is 0 Å². The topological polar surface area (TPSA) is 32.3 Å². The molecule has 0 spiro atoms. The molecule has 2 atom stereocenters. The van der Waals surface area contributed by atoms with Gasteiger partial charge in [0.25, 0.3) is 0 Å². The van der Waals surface area contributed by atoms with Gasteiger partial charge in [0.15, 0.2) is 0 Å². The Morgan fingerprint density at radius 2 is 2.00 bits per heavy atom. The van der Waals surface area contributed by atoms with E-state index in [2.05, 4.69) is 60.3 Å². The first kappa shape index (κ1) is 17.6. The molecular formula is C22H30N4. The van der Waals surface area contributed by atoms with Gasteiger partial charge < -0.3 is 4.90 Å². The van der Waals surface area contributed by atoms with Crippen molar-refractivity contribution in [3.63, 3.8) is 0 Å². The van der Waals surface area contributed by atoms with Crippen LogP contribution in [0.2, 0.25) is 0 Å². The number of fused-ring (bicyclic) bond motifs is 1. The average molecular weight is 351 g/mol. The van der Waals surface area contributed by atoms with Gasteiger partial charge in [0.2, 0.25) is 0 Å². The standard InChI is InChI=1S/C22H30N4/c1-17(18-8-4-3-5-9-18)15-26-12-7-6-10-21(26)22-23-14-19-16-25(2)13-11-20(19)24-22/h3-5,8-9,14,17,21H,6-7,10-13,15-16H2,1-2H3/t17-,21-/m1/s1. The number of piperidine rings is 1. The van der Waals surface area contributed by atoms with Crippen molar-refractivity contribution < 1.29 is 0 Å². The van der Waals surface area contributed by atoms with E-state index in [9.17, 15) is 0 Å². The van der Waals surface area contributed by atoms with Crippen LogP contribution in [0.15, 0.2) is 36.5 Å². The largest absolute Gasteiger partial charge is 0.302 e. The minimum Gasteiger partial charge on any atom is -0.302 e. The molecule has 0 radical (unpaired) electrons. The molecule has 26 heavy (non-hydrogen) atoms. The van der Waals surface area contributed by atoms with Crippen molar-refractivity contribution in [2.45, 2.75) is 51.1 Å². The third-order valence-corrected chi connectivity index (χ3v) is 5.93. The lowest BCUT2D eigenvalue weighted by molar-refractivity contribution is 0.134. The number of likely N-dealkylation sites (tertiary alicyclic amines) is 1. The Labute approximate surface area is 157 Å². The van der Waals surface area contributed by atoms with Gasteiger partial charge in [-0.25, -0.2) is 9.97 Å². The molecule has 138 valence electrons. The molecule has 0 bridgehead atoms. The number of hydrogen-bond acceptors (Lipinski definition) is 4. The number of benzene rings is 1. The first-order valence-electron chi connectivity index (χ1n) is 10.0. The highest BCUT2D eigenvalue weighted by Crippen LogP contribution is 2.32. The van der Waals surface area contributed by atoms with Gasteiger partial charge in [0.05, 0.1) is 6.04 Å². The first-order chi connectivity index (χ1) is 12.7. The molecule has 2 aliphatic heterocycles. The second-order valence-corrected chi connectivity index (χ2v) is 8.01. The molecule has 0 aliphatic carbocycles. The Bertz CT molecular complexity index is 730. The molecule has 4 heteroatoms. The van der Waals surface area contributed by atoms with Crippen molar-refractivity contribution >= 4 is 0 Å². The monoisotopic (exact) mass is 350 g/mol. The maximum atomic E-state index is 5.02. The molecule has 1 fully saturated rings. The third kappa shape index (κ3) is 3.81. The van der Waals surface area contributed by atoms with E-state index in [1.807, 2.05) is 0 Å². The molecule has 1 saturated heterocycles. The molecule has 0 N–H and O–H groups in total. The predicted molar refractivity (Wildman–Crippen MR) is 105 cm³/mol. The Balaban J connectivity index is 1.52. The SMILES string of the molecule is C[C@H](CN1CCCC[C@@H]1c1ncc2c(n1)CCN(C)C2)c1ccccc1. The van der Waals surface area contributed by atoms with Crippen LogP contribution in [0, 0.1) is 0 Å². The number of rotatable bonds is 4. The van der Waals surface area contributed by atoms with E-state index in [0.717, 1.165) is 38.4 Å². The Morgan fingerprint density at radius 3 is 2.85 bits per heavy atom. The number of hydrogen-bond donors (Lipinski definition) is 0. The Morgan fingerprint density at radius 1 is 1.15 bits per heavy atom. The number of likely N-dealkylation sites (N-methyl/N-ethyl adjacent to an activating group) is 1. The smallest absolute Gasteiger partial charge is 0.145 e. The lowest BCUT2D eigenvalue weighted by Gasteiger charge is -2.37. The number of aromatic nitrogens is 2. The summed E-state index contributed by atoms with van der Waals surface area (Å²) in [6, 6.07) is 11.2. The summed E-state index contributed by atoms with van der Waals surface area (Å²) in [5.74, 6) is 1.58. The van der Waals surface area contributed by atoms with Crippen LogP contribution < -0.4 is 0 Å². The second kappa shape index (κ2) is 7.85. The predicted octanol–water partition coefficient (Wildman–Crippen LogP) is 3.80. The van der Waals surface area contributed by atoms with E-state index >= 15 is 0 Å². The van der Waals surface area contributed by atoms with Crippen molar-refractivity contribution in [2.75, 3.05) is 26.7 Å². The van der Waals surface area contributed by atoms with Gasteiger partial charge in [-0.2, -0.15) is 0 Å². The molecule has 0 amide bonds. The van der Waals surface area contributed by atoms with E-state index < -0.39 is 0 Å². The van der Waals surface area contributed by atoms with Gasteiger partial charge in [0.1, 0.15) is 5.82 Å². The minimum absolute atomic E-state index is 0.375. The van der Waals surface area contributed by atoms with Crippen LogP contribution in [-0.4, -0.2) is 46.4 Å². The lowest BCUT2D eigenvalue weighted by atomic mass is 9.96. The third-order valence-electron chi connectivity index (χ3n) is 5.93. The fourth-order valence-corrected chi connectivity index (χ4v) is 4.37. The average Bonchev–Trinajstić information content (AvgIpc) is 2.68. The highest BCUT2D eigenvalue weighted by Gasteiger charge is 2.28. The normalized spacial score (nSPS) is 22.8. The van der Waals surface area contributed by atoms with Crippen LogP contribution in [-0.2, 0) is 13.0 Å². The van der Waals surface area contributed by atoms with E-state index in [0.29, 0.717) is 12.0 Å². The minimum atomic E-state index is 0.375. The molecule has 4 rings (SSSR count). The molecule has 2 aliphatic rings. The summed E-state index contributed by atoms with van der Waals surface area (Å²) < 4.78 is 0. The molecule has 0 unspecified atom stereocenters. The van der Waals surface area contributed by atoms with Crippen molar-refractivity contribution in [2.24, 2.45) is 0 Å². The van der Waals surface area contributed by atoms with Crippen molar-refractivity contribution in [1.29, 1.82) is 0 Å². The first-order valence-corrected chi connectivity index (χ1v) is 10.0. The molecule has 3 heterocycles. The van der Waals surface area contributed by atoms with Crippen LogP contribution in [0.5, 0.6) is 0 Å². The summed E-state index contributed by atoms with van der Waals surface area (Å²) in [5.41, 5.74) is 4.00. The summed E-state index contributed by atoms with van der Waals surface area (Å²) in [5, 5.41) is 0. The molecule has 1 aromatic carbocycles. The zero-order valence-corrected chi connectivity index (χ0v) is 16.1. The van der Waals surface area contributed by atoms with Gasteiger partial charge in [-0.05, 0) is 37.9 Å². The number of nitrogens with zero attached hydrogens (tertiary/aromatic N) is 4. The molecular weight excluding hydrogens is 320 g/mol. The quantitative estimate of drug-likeness (QED) is 0.840. The Hall–Kier alpha value is -1.78. The van der Waals surface area contributed by atoms with Crippen LogP contribution in [0.3, 0.4) is 0 Å². The fraction of sp³-hybridized carbons (Fsp3) is 0.545. The molecule has 1 aromatic heterocycles. The van der Waals surface area contributed by atoms with Crippen LogP contribution in [0.1, 0.15) is 60.8 Å². The highest BCUT2D eigenvalue weighted by atomic mass is 15.2. The van der Waals surface area contributed by atoms with Gasteiger partial charge >= 0.3 is 0 Å². The highest BCUT2D eigenvalue weighted by molar-refractivity contribution is 5.22. The van der Waals surface area contributed by atoms with E-state index in [1.165, 1.54) is 36.1 Å². The maximum Gasteiger partial charge on any atom is 0.145 e. The zero-order chi connectivity index (χ0) is 17.9. The summed E-state index contributed by atoms with van der Waals surface area (Å²) in [6.45, 7) is 6.66. The molecule has 4 nitrogen and oxygen atoms in total. The summed E-state index contributed by atoms with van der Waals surface area (Å²) in [4.78, 5) is 14.8. The van der Waals surface area contributed by atoms with E-state index in [-0.39, 0.29) is 0 Å². The zero-order valence-electron chi connectivity index (χ0n) is 16.1. The van der Waals surface area contributed by atoms with Crippen LogP contribution in [0.4, 0.5) is 0 Å². The second-order valence-electron chi connectivity index (χ2n) is 8.01. The lowest BCUT2D eigenvalue weighted by Crippen LogP contribution is -2.37. The van der Waals surface area contributed by atoms with E-state index in [1.54, 1.807) is 0 Å². The molecule has 0 saturated carbocycles. The molecule has 2 aromatic rings. The van der Waals surface area contributed by atoms with E-state index in [4.69, 9.17) is 9.97 Å². The summed E-state index contributed by atoms with van der Waals surface area (Å²) in [7, 11) is 2.17. The Kier molecular flexibility index (Phi) is 5.32. The van der Waals surface area contributed by atoms with Crippen molar-refractivity contribution in [3.8, 4) is 0 Å². The van der Waals surface area contributed by atoms with Gasteiger partial charge in [-0.1, -0.05) is 43.7 Å². The summed E-state index contributed by atoms with van der Waals surface area (Å²) >= 11 is 0. The maximum absolute atomic E-state index is 5.02. The van der Waals surface area contributed by atoms with Gasteiger partial charge in [-0.3, -0.25) is 4.90 Å².